The highest BCUT2D eigenvalue weighted by molar-refractivity contribution is 9.10. The summed E-state index contributed by atoms with van der Waals surface area (Å²) >= 11 is 3.55. The van der Waals surface area contributed by atoms with E-state index in [1.165, 1.54) is 0 Å². The number of hydrogen-bond acceptors (Lipinski definition) is 4. The van der Waals surface area contributed by atoms with Crippen LogP contribution in [0.15, 0.2) is 102 Å². The van der Waals surface area contributed by atoms with Crippen LogP contribution in [0.1, 0.15) is 0 Å². The van der Waals surface area contributed by atoms with E-state index in [0.29, 0.717) is 11.5 Å². The van der Waals surface area contributed by atoms with Crippen molar-refractivity contribution in [3.8, 4) is 39.7 Å². The van der Waals surface area contributed by atoms with Gasteiger partial charge in [0.05, 0.1) is 31.0 Å². The Kier molecular flexibility index (Phi) is 5.66. The Morgan fingerprint density at radius 2 is 1.25 bits per heavy atom. The molecule has 2 heterocycles. The van der Waals surface area contributed by atoms with Gasteiger partial charge in [0.1, 0.15) is 5.69 Å². The van der Waals surface area contributed by atoms with E-state index in [1.807, 2.05) is 77.5 Å². The van der Waals surface area contributed by atoms with Gasteiger partial charge in [-0.15, -0.1) is 0 Å². The smallest absolute Gasteiger partial charge is 0.164 e. The predicted molar refractivity (Wildman–Crippen MR) is 148 cm³/mol. The molecule has 0 N–H and O–H groups in total. The molecule has 6 rings (SSSR count). The first-order chi connectivity index (χ1) is 17.7. The second-order valence-corrected chi connectivity index (χ2v) is 9.30. The molecule has 0 atom stereocenters. The first-order valence-electron chi connectivity index (χ1n) is 11.5. The third-order valence-electron chi connectivity index (χ3n) is 6.29. The Bertz CT molecular complexity index is 1700. The van der Waals surface area contributed by atoms with E-state index in [1.54, 1.807) is 14.2 Å². The van der Waals surface area contributed by atoms with Crippen molar-refractivity contribution in [2.75, 3.05) is 14.2 Å². The molecule has 5 nitrogen and oxygen atoms in total. The molecule has 0 bridgehead atoms. The lowest BCUT2D eigenvalue weighted by atomic mass is 9.98. The first-order valence-corrected chi connectivity index (χ1v) is 12.3. The van der Waals surface area contributed by atoms with Gasteiger partial charge in [-0.1, -0.05) is 76.6 Å². The van der Waals surface area contributed by atoms with Gasteiger partial charge in [0, 0.05) is 26.4 Å². The molecule has 6 aromatic rings. The summed E-state index contributed by atoms with van der Waals surface area (Å²) in [7, 11) is 3.31. The molecular formula is C30H22BrN3O2. The fourth-order valence-electron chi connectivity index (χ4n) is 4.58. The van der Waals surface area contributed by atoms with Crippen LogP contribution in [0.2, 0.25) is 0 Å². The van der Waals surface area contributed by atoms with Crippen molar-refractivity contribution in [1.82, 2.24) is 14.8 Å². The zero-order valence-electron chi connectivity index (χ0n) is 19.8. The van der Waals surface area contributed by atoms with Gasteiger partial charge in [-0.3, -0.25) is 0 Å². The van der Waals surface area contributed by atoms with Gasteiger partial charge in [-0.2, -0.15) is 5.10 Å². The van der Waals surface area contributed by atoms with Crippen LogP contribution in [0.3, 0.4) is 0 Å². The second kappa shape index (κ2) is 9.13. The molecule has 0 fully saturated rings. The zero-order valence-corrected chi connectivity index (χ0v) is 21.4. The van der Waals surface area contributed by atoms with Gasteiger partial charge in [0.25, 0.3) is 0 Å². The first kappa shape index (κ1) is 22.3. The van der Waals surface area contributed by atoms with E-state index in [4.69, 9.17) is 19.6 Å². The molecule has 0 aliphatic heterocycles. The van der Waals surface area contributed by atoms with Gasteiger partial charge < -0.3 is 9.47 Å². The third-order valence-corrected chi connectivity index (χ3v) is 6.82. The molecule has 176 valence electrons. The molecule has 6 heteroatoms. The molecule has 0 spiro atoms. The van der Waals surface area contributed by atoms with Crippen LogP contribution in [0, 0.1) is 0 Å². The van der Waals surface area contributed by atoms with Crippen LogP contribution in [-0.2, 0) is 0 Å². The average Bonchev–Trinajstić information content (AvgIpc) is 3.33. The number of pyridine rings is 1. The maximum atomic E-state index is 5.71. The molecule has 0 aliphatic rings. The molecule has 0 radical (unpaired) electrons. The number of benzene rings is 4. The third kappa shape index (κ3) is 3.71. The van der Waals surface area contributed by atoms with E-state index in [9.17, 15) is 0 Å². The normalized spacial score (nSPS) is 11.2. The largest absolute Gasteiger partial charge is 0.493 e. The van der Waals surface area contributed by atoms with Crippen molar-refractivity contribution in [1.29, 1.82) is 0 Å². The Morgan fingerprint density at radius 1 is 0.667 bits per heavy atom. The quantitative estimate of drug-likeness (QED) is 0.227. The molecule has 0 aliphatic carbocycles. The minimum atomic E-state index is 0.654. The van der Waals surface area contributed by atoms with Crippen LogP contribution in [-0.4, -0.2) is 29.0 Å². The molecule has 2 aromatic heterocycles. The summed E-state index contributed by atoms with van der Waals surface area (Å²) in [6, 6.07) is 32.5. The predicted octanol–water partition coefficient (Wildman–Crippen LogP) is 7.69. The monoisotopic (exact) mass is 535 g/mol. The number of ether oxygens (including phenoxy) is 2. The maximum absolute atomic E-state index is 5.71. The number of halogens is 1. The molecule has 0 amide bonds. The van der Waals surface area contributed by atoms with Crippen LogP contribution in [0.5, 0.6) is 11.5 Å². The van der Waals surface area contributed by atoms with Gasteiger partial charge in [0.2, 0.25) is 0 Å². The molecular weight excluding hydrogens is 514 g/mol. The topological polar surface area (TPSA) is 49.2 Å². The molecule has 0 unspecified atom stereocenters. The molecule has 0 saturated carbocycles. The van der Waals surface area contributed by atoms with Crippen LogP contribution in [0.25, 0.3) is 50.0 Å². The second-order valence-electron chi connectivity index (χ2n) is 8.38. The van der Waals surface area contributed by atoms with Crippen molar-refractivity contribution >= 4 is 37.7 Å². The fourth-order valence-corrected chi connectivity index (χ4v) is 4.85. The Hall–Kier alpha value is -4.16. The Balaban J connectivity index is 1.81. The summed E-state index contributed by atoms with van der Waals surface area (Å²) in [5.41, 5.74) is 5.45. The average molecular weight is 536 g/mol. The number of methoxy groups -OCH3 is 2. The molecule has 0 saturated heterocycles. The summed E-state index contributed by atoms with van der Waals surface area (Å²) < 4.78 is 14.3. The number of rotatable bonds is 5. The number of hydrogen-bond donors (Lipinski definition) is 0. The minimum absolute atomic E-state index is 0.654. The van der Waals surface area contributed by atoms with Crippen LogP contribution >= 0.6 is 15.9 Å². The lowest BCUT2D eigenvalue weighted by Gasteiger charge is -2.14. The Labute approximate surface area is 217 Å². The van der Waals surface area contributed by atoms with E-state index >= 15 is 0 Å². The number of fused-ring (bicyclic) bond motifs is 3. The lowest BCUT2D eigenvalue weighted by molar-refractivity contribution is 0.356. The Morgan fingerprint density at radius 3 is 1.89 bits per heavy atom. The summed E-state index contributed by atoms with van der Waals surface area (Å²) in [5, 5.41) is 8.02. The van der Waals surface area contributed by atoms with Gasteiger partial charge in [-0.25, -0.2) is 9.67 Å². The van der Waals surface area contributed by atoms with Crippen LogP contribution in [0.4, 0.5) is 0 Å². The minimum Gasteiger partial charge on any atom is -0.493 e. The molecule has 36 heavy (non-hydrogen) atoms. The van der Waals surface area contributed by atoms with Crippen molar-refractivity contribution in [2.24, 2.45) is 0 Å². The van der Waals surface area contributed by atoms with E-state index in [0.717, 1.165) is 54.5 Å². The van der Waals surface area contributed by atoms with Gasteiger partial charge in [-0.05, 0) is 36.4 Å². The molecule has 4 aromatic carbocycles. The lowest BCUT2D eigenvalue weighted by Crippen LogP contribution is -1.99. The van der Waals surface area contributed by atoms with Crippen molar-refractivity contribution in [3.05, 3.63) is 102 Å². The van der Waals surface area contributed by atoms with Crippen LogP contribution < -0.4 is 9.47 Å². The van der Waals surface area contributed by atoms with E-state index in [2.05, 4.69) is 40.2 Å². The highest BCUT2D eigenvalue weighted by Crippen LogP contribution is 2.43. The standard InChI is InChI=1S/C30H22BrN3O2/c1-35-25-17-23-24(18-26(25)36-2)28(20-13-15-21(31)16-14-20)32-30-27(23)29(19-9-5-3-6-10-19)33-34(30)22-11-7-4-8-12-22/h3-18H,1-2H3. The SMILES string of the molecule is COc1cc2c(-c3ccc(Br)cc3)nc3c(c(-c4ccccc4)nn3-c3ccccc3)c2cc1OC. The highest BCUT2D eigenvalue weighted by atomic mass is 79.9. The van der Waals surface area contributed by atoms with E-state index in [-0.39, 0.29) is 0 Å². The van der Waals surface area contributed by atoms with Crippen molar-refractivity contribution < 1.29 is 9.47 Å². The van der Waals surface area contributed by atoms with Gasteiger partial charge >= 0.3 is 0 Å². The number of nitrogens with zero attached hydrogens (tertiary/aromatic N) is 3. The zero-order chi connectivity index (χ0) is 24.6. The summed E-state index contributed by atoms with van der Waals surface area (Å²) in [5.74, 6) is 1.31. The van der Waals surface area contributed by atoms with Crippen molar-refractivity contribution in [3.63, 3.8) is 0 Å². The summed E-state index contributed by atoms with van der Waals surface area (Å²) in [4.78, 5) is 5.25. The summed E-state index contributed by atoms with van der Waals surface area (Å²) in [6.45, 7) is 0. The fraction of sp³-hybridized carbons (Fsp3) is 0.0667. The summed E-state index contributed by atoms with van der Waals surface area (Å²) in [6.07, 6.45) is 0. The van der Waals surface area contributed by atoms with Gasteiger partial charge in [0.15, 0.2) is 17.1 Å². The number of aromatic nitrogens is 3. The van der Waals surface area contributed by atoms with Crippen molar-refractivity contribution in [2.45, 2.75) is 0 Å². The van der Waals surface area contributed by atoms with E-state index < -0.39 is 0 Å². The number of para-hydroxylation sites is 1. The maximum Gasteiger partial charge on any atom is 0.164 e. The highest BCUT2D eigenvalue weighted by Gasteiger charge is 2.22.